The minimum Gasteiger partial charge on any atom is -0.319 e. The summed E-state index contributed by atoms with van der Waals surface area (Å²) in [4.78, 5) is 32.2. The number of hydrazine groups is 1. The van der Waals surface area contributed by atoms with Gasteiger partial charge in [0.05, 0.1) is 11.2 Å². The molecule has 2 aliphatic heterocycles. The molecule has 0 aromatic carbocycles. The lowest BCUT2D eigenvalue weighted by atomic mass is 9.80. The zero-order chi connectivity index (χ0) is 23.3. The molecule has 3 amide bonds. The van der Waals surface area contributed by atoms with Gasteiger partial charge in [-0.05, 0) is 53.1 Å². The molecule has 11 heteroatoms. The summed E-state index contributed by atoms with van der Waals surface area (Å²) >= 11 is 0. The minimum absolute atomic E-state index is 0.166. The molecule has 2 N–H and O–H groups in total. The Hall–Kier alpha value is -1.27. The number of carbonyl (C=O) groups is 2. The van der Waals surface area contributed by atoms with E-state index >= 15 is 0 Å². The van der Waals surface area contributed by atoms with Crippen LogP contribution in [0.1, 0.15) is 39.0 Å². The molecule has 0 spiro atoms. The van der Waals surface area contributed by atoms with Crippen LogP contribution < -0.4 is 10.1 Å². The zero-order valence-corrected chi connectivity index (χ0v) is 20.5. The van der Waals surface area contributed by atoms with Gasteiger partial charge in [0.1, 0.15) is 0 Å². The molecule has 2 heterocycles. The molecule has 4 fully saturated rings. The smallest absolute Gasteiger partial charge is 0.319 e. The number of hydrogen-bond donors (Lipinski definition) is 2. The van der Waals surface area contributed by atoms with Gasteiger partial charge < -0.3 is 9.80 Å². The molecular formula is C21H38N6O4S. The van der Waals surface area contributed by atoms with Crippen LogP contribution in [-0.2, 0) is 14.8 Å². The number of likely N-dealkylation sites (N-methyl/N-ethyl adjacent to an activating group) is 1. The molecule has 4 unspecified atom stereocenters. The minimum atomic E-state index is -3.51. The van der Waals surface area contributed by atoms with E-state index in [0.717, 1.165) is 25.9 Å². The summed E-state index contributed by atoms with van der Waals surface area (Å²) in [5, 5.41) is 1.39. The van der Waals surface area contributed by atoms with E-state index in [9.17, 15) is 18.0 Å². The lowest BCUT2D eigenvalue weighted by Crippen LogP contribution is -2.65. The Kier molecular flexibility index (Phi) is 6.58. The predicted octanol–water partition coefficient (Wildman–Crippen LogP) is -0.112. The van der Waals surface area contributed by atoms with E-state index in [4.69, 9.17) is 0 Å². The monoisotopic (exact) mass is 470 g/mol. The van der Waals surface area contributed by atoms with Crippen molar-refractivity contribution in [3.05, 3.63) is 0 Å². The molecule has 0 radical (unpaired) electrons. The van der Waals surface area contributed by atoms with Gasteiger partial charge in [0.15, 0.2) is 0 Å². The van der Waals surface area contributed by atoms with E-state index in [2.05, 4.69) is 10.1 Å². The lowest BCUT2D eigenvalue weighted by Gasteiger charge is -2.48. The molecule has 2 saturated heterocycles. The highest BCUT2D eigenvalue weighted by atomic mass is 32.2. The number of carbonyl (C=O) groups excluding carboxylic acids is 2. The molecule has 0 aromatic heterocycles. The van der Waals surface area contributed by atoms with Crippen molar-refractivity contribution in [1.82, 2.24) is 29.9 Å². The van der Waals surface area contributed by atoms with E-state index in [0.29, 0.717) is 32.5 Å². The number of hydrogen-bond acceptors (Lipinski definition) is 7. The first-order valence-electron chi connectivity index (χ1n) is 11.7. The third-order valence-electron chi connectivity index (χ3n) is 7.46. The molecule has 4 rings (SSSR count). The molecule has 4 aliphatic rings. The summed E-state index contributed by atoms with van der Waals surface area (Å²) in [5.41, 5.74) is 2.90. The van der Waals surface area contributed by atoms with Crippen LogP contribution in [0.15, 0.2) is 0 Å². The number of urea groups is 1. The fourth-order valence-corrected chi connectivity index (χ4v) is 7.23. The molecule has 2 saturated carbocycles. The Morgan fingerprint density at radius 2 is 1.94 bits per heavy atom. The third-order valence-corrected chi connectivity index (χ3v) is 9.55. The van der Waals surface area contributed by atoms with Crippen molar-refractivity contribution in [1.29, 1.82) is 0 Å². The molecule has 182 valence electrons. The Balaban J connectivity index is 1.53. The SMILES string of the molecule is CN(C)CCN1C(=O)N(CC2CNN(C)C2)C(=O)C2CC(S(=O)(=O)NC3(C)CC3)CCC21. The number of rotatable bonds is 8. The molecule has 10 nitrogen and oxygen atoms in total. The first-order chi connectivity index (χ1) is 15.0. The van der Waals surface area contributed by atoms with Crippen LogP contribution in [0.5, 0.6) is 0 Å². The van der Waals surface area contributed by atoms with E-state index in [-0.39, 0.29) is 35.9 Å². The van der Waals surface area contributed by atoms with Crippen molar-refractivity contribution >= 4 is 22.0 Å². The normalized spacial score (nSPS) is 33.2. The first-order valence-corrected chi connectivity index (χ1v) is 13.3. The topological polar surface area (TPSA) is 105 Å². The van der Waals surface area contributed by atoms with E-state index in [1.165, 1.54) is 4.90 Å². The van der Waals surface area contributed by atoms with Gasteiger partial charge in [-0.15, -0.1) is 0 Å². The first kappa shape index (κ1) is 23.9. The van der Waals surface area contributed by atoms with Gasteiger partial charge >= 0.3 is 6.03 Å². The summed E-state index contributed by atoms with van der Waals surface area (Å²) in [6.07, 6.45) is 3.01. The molecule has 0 aromatic rings. The summed E-state index contributed by atoms with van der Waals surface area (Å²) in [5.74, 6) is -0.503. The van der Waals surface area contributed by atoms with Gasteiger partial charge in [-0.1, -0.05) is 0 Å². The van der Waals surface area contributed by atoms with Crippen LogP contribution in [0.25, 0.3) is 0 Å². The standard InChI is InChI=1S/C21H38N6O4S/c1-21(7-8-21)23-32(30,31)16-5-6-18-17(11-16)19(28)27(14-15-12-22-25(4)13-15)20(29)26(18)10-9-24(2)3/h15-18,22-23H,5-14H2,1-4H3. The largest absolute Gasteiger partial charge is 0.327 e. The Morgan fingerprint density at radius 3 is 2.53 bits per heavy atom. The van der Waals surface area contributed by atoms with Crippen molar-refractivity contribution in [2.24, 2.45) is 11.8 Å². The molecule has 4 atom stereocenters. The predicted molar refractivity (Wildman–Crippen MR) is 121 cm³/mol. The number of sulfonamides is 1. The number of nitrogens with zero attached hydrogens (tertiary/aromatic N) is 4. The van der Waals surface area contributed by atoms with Gasteiger partial charge in [-0.25, -0.2) is 22.9 Å². The second kappa shape index (κ2) is 8.83. The number of imide groups is 1. The maximum absolute atomic E-state index is 13.5. The maximum Gasteiger partial charge on any atom is 0.327 e. The van der Waals surface area contributed by atoms with Crippen LogP contribution in [0.3, 0.4) is 0 Å². The lowest BCUT2D eigenvalue weighted by molar-refractivity contribution is -0.141. The fraction of sp³-hybridized carbons (Fsp3) is 0.905. The highest BCUT2D eigenvalue weighted by Crippen LogP contribution is 2.40. The van der Waals surface area contributed by atoms with Crippen molar-refractivity contribution in [2.45, 2.75) is 55.9 Å². The van der Waals surface area contributed by atoms with Gasteiger partial charge in [0, 0.05) is 57.3 Å². The van der Waals surface area contributed by atoms with Crippen LogP contribution in [-0.4, -0.2) is 111 Å². The summed E-state index contributed by atoms with van der Waals surface area (Å²) in [6.45, 7) is 5.02. The zero-order valence-electron chi connectivity index (χ0n) is 19.7. The van der Waals surface area contributed by atoms with Crippen LogP contribution in [0.2, 0.25) is 0 Å². The summed E-state index contributed by atoms with van der Waals surface area (Å²) in [7, 11) is 2.36. The summed E-state index contributed by atoms with van der Waals surface area (Å²) in [6, 6.07) is -0.448. The average molecular weight is 471 g/mol. The van der Waals surface area contributed by atoms with Crippen LogP contribution >= 0.6 is 0 Å². The van der Waals surface area contributed by atoms with E-state index < -0.39 is 21.2 Å². The highest BCUT2D eigenvalue weighted by Gasteiger charge is 2.52. The van der Waals surface area contributed by atoms with Gasteiger partial charge in [-0.2, -0.15) is 0 Å². The Labute approximate surface area is 191 Å². The van der Waals surface area contributed by atoms with Crippen molar-refractivity contribution in [2.75, 3.05) is 53.9 Å². The molecule has 0 bridgehead atoms. The molecule has 32 heavy (non-hydrogen) atoms. The van der Waals surface area contributed by atoms with Gasteiger partial charge in [0.2, 0.25) is 15.9 Å². The Bertz CT molecular complexity index is 845. The maximum atomic E-state index is 13.5. The van der Waals surface area contributed by atoms with Gasteiger partial charge in [0.25, 0.3) is 0 Å². The fourth-order valence-electron chi connectivity index (χ4n) is 5.26. The quantitative estimate of drug-likeness (QED) is 0.510. The van der Waals surface area contributed by atoms with Crippen molar-refractivity contribution in [3.63, 3.8) is 0 Å². The second-order valence-corrected chi connectivity index (χ2v) is 12.6. The van der Waals surface area contributed by atoms with Gasteiger partial charge in [-0.3, -0.25) is 15.1 Å². The van der Waals surface area contributed by atoms with Crippen molar-refractivity contribution < 1.29 is 18.0 Å². The molecule has 2 aliphatic carbocycles. The highest BCUT2D eigenvalue weighted by molar-refractivity contribution is 7.90. The number of nitrogens with one attached hydrogen (secondary N) is 2. The molecular weight excluding hydrogens is 432 g/mol. The van der Waals surface area contributed by atoms with Crippen molar-refractivity contribution in [3.8, 4) is 0 Å². The van der Waals surface area contributed by atoms with E-state index in [1.54, 1.807) is 0 Å². The second-order valence-electron chi connectivity index (χ2n) is 10.7. The third kappa shape index (κ3) is 4.96. The van der Waals surface area contributed by atoms with Crippen LogP contribution in [0, 0.1) is 11.8 Å². The number of fused-ring (bicyclic) bond motifs is 1. The van der Waals surface area contributed by atoms with Crippen LogP contribution in [0.4, 0.5) is 4.79 Å². The van der Waals surface area contributed by atoms with E-state index in [1.807, 2.05) is 42.9 Å². The average Bonchev–Trinajstić information content (AvgIpc) is 3.28. The Morgan fingerprint density at radius 1 is 1.22 bits per heavy atom. The number of amides is 3. The summed E-state index contributed by atoms with van der Waals surface area (Å²) < 4.78 is 29.0.